The van der Waals surface area contributed by atoms with E-state index in [1.807, 2.05) is 0 Å². The molecule has 21 heavy (non-hydrogen) atoms. The van der Waals surface area contributed by atoms with Crippen LogP contribution in [0.1, 0.15) is 16.8 Å². The number of esters is 1. The van der Waals surface area contributed by atoms with Gasteiger partial charge in [0.25, 0.3) is 5.91 Å². The second-order valence-electron chi connectivity index (χ2n) is 4.24. The number of nitrogens with zero attached hydrogens (tertiary/aromatic N) is 1. The average Bonchev–Trinajstić information content (AvgIpc) is 2.48. The van der Waals surface area contributed by atoms with Gasteiger partial charge < -0.3 is 14.4 Å². The van der Waals surface area contributed by atoms with Crippen LogP contribution in [0.25, 0.3) is 0 Å². The van der Waals surface area contributed by atoms with Crippen molar-refractivity contribution >= 4 is 27.8 Å². The molecule has 1 amide bonds. The van der Waals surface area contributed by atoms with Crippen molar-refractivity contribution in [2.24, 2.45) is 0 Å². The molecule has 0 spiro atoms. The SMILES string of the molecule is COCCN(CCC(=O)OC)C(=O)c1cc(F)ccc1Br. The predicted molar refractivity (Wildman–Crippen MR) is 78.5 cm³/mol. The third kappa shape index (κ3) is 5.43. The van der Waals surface area contributed by atoms with Gasteiger partial charge in [0.15, 0.2) is 0 Å². The van der Waals surface area contributed by atoms with Gasteiger partial charge in [-0.25, -0.2) is 4.39 Å². The fourth-order valence-corrected chi connectivity index (χ4v) is 2.09. The zero-order valence-corrected chi connectivity index (χ0v) is 13.5. The van der Waals surface area contributed by atoms with Crippen LogP contribution >= 0.6 is 15.9 Å². The first-order valence-electron chi connectivity index (χ1n) is 6.29. The lowest BCUT2D eigenvalue weighted by Gasteiger charge is -2.22. The summed E-state index contributed by atoms with van der Waals surface area (Å²) in [5.41, 5.74) is 0.205. The minimum Gasteiger partial charge on any atom is -0.469 e. The number of halogens is 2. The molecule has 116 valence electrons. The smallest absolute Gasteiger partial charge is 0.307 e. The lowest BCUT2D eigenvalue weighted by molar-refractivity contribution is -0.140. The first-order valence-corrected chi connectivity index (χ1v) is 7.09. The second kappa shape index (κ2) is 8.74. The van der Waals surface area contributed by atoms with Gasteiger partial charge in [-0.2, -0.15) is 0 Å². The molecular weight excluding hydrogens is 345 g/mol. The number of carbonyl (C=O) groups is 2. The van der Waals surface area contributed by atoms with Gasteiger partial charge in [-0.15, -0.1) is 0 Å². The van der Waals surface area contributed by atoms with Crippen molar-refractivity contribution in [3.63, 3.8) is 0 Å². The molecule has 0 N–H and O–H groups in total. The Morgan fingerprint density at radius 1 is 1.29 bits per heavy atom. The molecule has 5 nitrogen and oxygen atoms in total. The van der Waals surface area contributed by atoms with E-state index in [-0.39, 0.29) is 24.4 Å². The molecule has 0 heterocycles. The Bertz CT molecular complexity index is 510. The van der Waals surface area contributed by atoms with E-state index in [1.54, 1.807) is 0 Å². The Morgan fingerprint density at radius 2 is 2.00 bits per heavy atom. The number of benzene rings is 1. The van der Waals surface area contributed by atoms with E-state index in [9.17, 15) is 14.0 Å². The van der Waals surface area contributed by atoms with Crippen LogP contribution in [0.3, 0.4) is 0 Å². The van der Waals surface area contributed by atoms with Gasteiger partial charge >= 0.3 is 5.97 Å². The molecular formula is C14H17BrFNO4. The summed E-state index contributed by atoms with van der Waals surface area (Å²) in [5, 5.41) is 0. The van der Waals surface area contributed by atoms with E-state index in [0.29, 0.717) is 17.6 Å². The molecule has 0 saturated carbocycles. The molecule has 1 rings (SSSR count). The summed E-state index contributed by atoms with van der Waals surface area (Å²) in [6, 6.07) is 3.89. The monoisotopic (exact) mass is 361 g/mol. The Labute approximate surface area is 131 Å². The summed E-state index contributed by atoms with van der Waals surface area (Å²) in [6.45, 7) is 0.799. The molecule has 0 radical (unpaired) electrons. The molecule has 0 saturated heterocycles. The number of ether oxygens (including phenoxy) is 2. The zero-order valence-electron chi connectivity index (χ0n) is 11.9. The fourth-order valence-electron chi connectivity index (χ4n) is 1.68. The maximum absolute atomic E-state index is 13.3. The van der Waals surface area contributed by atoms with Gasteiger partial charge in [0.1, 0.15) is 5.82 Å². The van der Waals surface area contributed by atoms with Gasteiger partial charge in [0.05, 0.1) is 25.7 Å². The van der Waals surface area contributed by atoms with Gasteiger partial charge in [-0.3, -0.25) is 9.59 Å². The Hall–Kier alpha value is -1.47. The number of hydrogen-bond acceptors (Lipinski definition) is 4. The normalized spacial score (nSPS) is 10.3. The molecule has 0 aliphatic heterocycles. The molecule has 0 bridgehead atoms. The molecule has 7 heteroatoms. The highest BCUT2D eigenvalue weighted by molar-refractivity contribution is 9.10. The highest BCUT2D eigenvalue weighted by Gasteiger charge is 2.19. The predicted octanol–water partition coefficient (Wildman–Crippen LogP) is 2.24. The van der Waals surface area contributed by atoms with E-state index in [1.165, 1.54) is 31.3 Å². The molecule has 0 aromatic heterocycles. The highest BCUT2D eigenvalue weighted by atomic mass is 79.9. The quantitative estimate of drug-likeness (QED) is 0.699. The fraction of sp³-hybridized carbons (Fsp3) is 0.429. The summed E-state index contributed by atoms with van der Waals surface area (Å²) < 4.78 is 23.3. The van der Waals surface area contributed by atoms with E-state index in [2.05, 4.69) is 20.7 Å². The van der Waals surface area contributed by atoms with Crippen LogP contribution in [-0.2, 0) is 14.3 Å². The summed E-state index contributed by atoms with van der Waals surface area (Å²) >= 11 is 3.22. The molecule has 0 atom stereocenters. The van der Waals surface area contributed by atoms with E-state index in [0.717, 1.165) is 6.07 Å². The molecule has 0 aliphatic rings. The van der Waals surface area contributed by atoms with E-state index in [4.69, 9.17) is 4.74 Å². The highest BCUT2D eigenvalue weighted by Crippen LogP contribution is 2.20. The largest absolute Gasteiger partial charge is 0.469 e. The molecule has 0 aliphatic carbocycles. The van der Waals surface area contributed by atoms with Crippen LogP contribution in [-0.4, -0.2) is 50.7 Å². The number of carbonyl (C=O) groups excluding carboxylic acids is 2. The summed E-state index contributed by atoms with van der Waals surface area (Å²) in [6.07, 6.45) is 0.0683. The van der Waals surface area contributed by atoms with Gasteiger partial charge in [-0.1, -0.05) is 0 Å². The topological polar surface area (TPSA) is 55.8 Å². The number of hydrogen-bond donors (Lipinski definition) is 0. The first-order chi connectivity index (χ1) is 9.99. The van der Waals surface area contributed by atoms with Gasteiger partial charge in [-0.05, 0) is 34.1 Å². The van der Waals surface area contributed by atoms with Crippen LogP contribution in [0.2, 0.25) is 0 Å². The van der Waals surface area contributed by atoms with E-state index < -0.39 is 11.8 Å². The summed E-state index contributed by atoms with van der Waals surface area (Å²) in [4.78, 5) is 25.1. The Kier molecular flexibility index (Phi) is 7.31. The molecule has 1 aromatic rings. The Balaban J connectivity index is 2.87. The Morgan fingerprint density at radius 3 is 2.62 bits per heavy atom. The number of rotatable bonds is 7. The van der Waals surface area contributed by atoms with Crippen LogP contribution < -0.4 is 0 Å². The minimum atomic E-state index is -0.499. The first kappa shape index (κ1) is 17.6. The van der Waals surface area contributed by atoms with Crippen molar-refractivity contribution in [1.82, 2.24) is 4.90 Å². The number of methoxy groups -OCH3 is 2. The lowest BCUT2D eigenvalue weighted by Crippen LogP contribution is -2.36. The molecule has 0 unspecified atom stereocenters. The van der Waals surface area contributed by atoms with Crippen LogP contribution in [0.15, 0.2) is 22.7 Å². The number of amides is 1. The van der Waals surface area contributed by atoms with Crippen molar-refractivity contribution in [2.45, 2.75) is 6.42 Å². The minimum absolute atomic E-state index is 0.0683. The molecule has 1 aromatic carbocycles. The van der Waals surface area contributed by atoms with Crippen molar-refractivity contribution < 1.29 is 23.5 Å². The third-order valence-corrected chi connectivity index (χ3v) is 3.52. The van der Waals surface area contributed by atoms with Crippen molar-refractivity contribution in [3.05, 3.63) is 34.1 Å². The van der Waals surface area contributed by atoms with Crippen molar-refractivity contribution in [3.8, 4) is 0 Å². The third-order valence-electron chi connectivity index (χ3n) is 2.82. The average molecular weight is 362 g/mol. The van der Waals surface area contributed by atoms with Crippen molar-refractivity contribution in [2.75, 3.05) is 33.9 Å². The second-order valence-corrected chi connectivity index (χ2v) is 5.09. The van der Waals surface area contributed by atoms with E-state index >= 15 is 0 Å². The zero-order chi connectivity index (χ0) is 15.8. The van der Waals surface area contributed by atoms with Gasteiger partial charge in [0, 0.05) is 24.7 Å². The van der Waals surface area contributed by atoms with Crippen LogP contribution in [0.4, 0.5) is 4.39 Å². The van der Waals surface area contributed by atoms with Crippen LogP contribution in [0.5, 0.6) is 0 Å². The van der Waals surface area contributed by atoms with Gasteiger partial charge in [0.2, 0.25) is 0 Å². The summed E-state index contributed by atoms with van der Waals surface area (Å²) in [5.74, 6) is -1.29. The maximum Gasteiger partial charge on any atom is 0.307 e. The lowest BCUT2D eigenvalue weighted by atomic mass is 10.2. The van der Waals surface area contributed by atoms with Crippen LogP contribution in [0, 0.1) is 5.82 Å². The maximum atomic E-state index is 13.3. The molecule has 0 fully saturated rings. The summed E-state index contributed by atoms with van der Waals surface area (Å²) in [7, 11) is 2.80. The van der Waals surface area contributed by atoms with Crippen molar-refractivity contribution in [1.29, 1.82) is 0 Å². The standard InChI is InChI=1S/C14H17BrFNO4/c1-20-8-7-17(6-5-13(18)21-2)14(19)11-9-10(16)3-4-12(11)15/h3-4,9H,5-8H2,1-2H3.